The Hall–Kier alpha value is -1.68. The van der Waals surface area contributed by atoms with Crippen LogP contribution in [0.1, 0.15) is 12.2 Å². The lowest BCUT2D eigenvalue weighted by molar-refractivity contribution is 0.280. The number of aryl methyl sites for hydroxylation is 1. The van der Waals surface area contributed by atoms with E-state index in [2.05, 4.69) is 5.16 Å². The molecule has 1 heterocycles. The molecule has 3 nitrogen and oxygen atoms in total. The van der Waals surface area contributed by atoms with Gasteiger partial charge in [-0.05, 0) is 18.6 Å². The molecule has 4 heteroatoms. The van der Waals surface area contributed by atoms with Crippen molar-refractivity contribution in [3.63, 3.8) is 0 Å². The Labute approximate surface area is 92.5 Å². The lowest BCUT2D eigenvalue weighted by Crippen LogP contribution is -1.86. The second-order valence-corrected chi connectivity index (χ2v) is 3.49. The van der Waals surface area contributed by atoms with E-state index in [1.807, 2.05) is 0 Å². The van der Waals surface area contributed by atoms with Crippen molar-refractivity contribution in [2.24, 2.45) is 0 Å². The second kappa shape index (κ2) is 4.90. The van der Waals surface area contributed by atoms with Crippen molar-refractivity contribution in [2.45, 2.75) is 12.8 Å². The first-order valence-electron chi connectivity index (χ1n) is 5.12. The topological polar surface area (TPSA) is 46.3 Å². The molecule has 1 aromatic heterocycles. The highest BCUT2D eigenvalue weighted by Gasteiger charge is 2.09. The average Bonchev–Trinajstić information content (AvgIpc) is 2.75. The summed E-state index contributed by atoms with van der Waals surface area (Å²) in [6, 6.07) is 8.13. The van der Waals surface area contributed by atoms with Crippen LogP contribution in [0, 0.1) is 5.82 Å². The summed E-state index contributed by atoms with van der Waals surface area (Å²) >= 11 is 0. The molecule has 0 radical (unpaired) electrons. The third kappa shape index (κ3) is 2.28. The minimum Gasteiger partial charge on any atom is -0.396 e. The van der Waals surface area contributed by atoms with E-state index in [-0.39, 0.29) is 12.4 Å². The Balaban J connectivity index is 2.22. The van der Waals surface area contributed by atoms with E-state index in [0.29, 0.717) is 29.9 Å². The van der Waals surface area contributed by atoms with Crippen LogP contribution in [0.5, 0.6) is 0 Å². The molecule has 0 fully saturated rings. The molecule has 16 heavy (non-hydrogen) atoms. The van der Waals surface area contributed by atoms with Gasteiger partial charge in [0.05, 0.1) is 0 Å². The van der Waals surface area contributed by atoms with Crippen molar-refractivity contribution >= 4 is 0 Å². The molecule has 0 amide bonds. The lowest BCUT2D eigenvalue weighted by Gasteiger charge is -1.95. The van der Waals surface area contributed by atoms with Crippen LogP contribution in [0.4, 0.5) is 4.39 Å². The zero-order chi connectivity index (χ0) is 11.4. The Morgan fingerprint density at radius 2 is 2.12 bits per heavy atom. The van der Waals surface area contributed by atoms with Gasteiger partial charge < -0.3 is 9.63 Å². The summed E-state index contributed by atoms with van der Waals surface area (Å²) in [5, 5.41) is 12.5. The summed E-state index contributed by atoms with van der Waals surface area (Å²) in [5.74, 6) is 0.344. The molecule has 0 atom stereocenters. The molecule has 0 bridgehead atoms. The van der Waals surface area contributed by atoms with Gasteiger partial charge in [0.25, 0.3) is 0 Å². The Kier molecular flexibility index (Phi) is 3.31. The summed E-state index contributed by atoms with van der Waals surface area (Å²) in [6.07, 6.45) is 1.23. The predicted octanol–water partition coefficient (Wildman–Crippen LogP) is 2.41. The number of benzene rings is 1. The van der Waals surface area contributed by atoms with Gasteiger partial charge in [0.15, 0.2) is 0 Å². The van der Waals surface area contributed by atoms with Gasteiger partial charge in [0, 0.05) is 24.7 Å². The molecule has 2 rings (SSSR count). The molecular weight excluding hydrogens is 209 g/mol. The largest absolute Gasteiger partial charge is 0.396 e. The first-order chi connectivity index (χ1) is 7.81. The van der Waals surface area contributed by atoms with Gasteiger partial charge in [-0.1, -0.05) is 17.3 Å². The number of aromatic nitrogens is 1. The van der Waals surface area contributed by atoms with E-state index in [1.54, 1.807) is 24.3 Å². The number of aliphatic hydroxyl groups excluding tert-OH is 1. The number of halogens is 1. The lowest BCUT2D eigenvalue weighted by atomic mass is 10.1. The zero-order valence-corrected chi connectivity index (χ0v) is 8.69. The van der Waals surface area contributed by atoms with Crippen LogP contribution in [0.15, 0.2) is 34.9 Å². The van der Waals surface area contributed by atoms with Gasteiger partial charge in [-0.2, -0.15) is 0 Å². The standard InChI is InChI=1S/C12H12FNO2/c13-11-6-2-1-5-10(11)12-8-9(16-14-12)4-3-7-15/h1-2,5-6,8,15H,3-4,7H2. The van der Waals surface area contributed by atoms with E-state index < -0.39 is 0 Å². The van der Waals surface area contributed by atoms with Crippen LogP contribution >= 0.6 is 0 Å². The van der Waals surface area contributed by atoms with Gasteiger partial charge in [0.2, 0.25) is 0 Å². The van der Waals surface area contributed by atoms with Crippen molar-refractivity contribution < 1.29 is 14.0 Å². The third-order valence-electron chi connectivity index (χ3n) is 2.29. The van der Waals surface area contributed by atoms with Crippen LogP contribution < -0.4 is 0 Å². The van der Waals surface area contributed by atoms with E-state index in [0.717, 1.165) is 0 Å². The summed E-state index contributed by atoms with van der Waals surface area (Å²) < 4.78 is 18.5. The maximum Gasteiger partial charge on any atom is 0.137 e. The van der Waals surface area contributed by atoms with Crippen molar-refractivity contribution in [3.05, 3.63) is 41.9 Å². The second-order valence-electron chi connectivity index (χ2n) is 3.49. The fourth-order valence-corrected chi connectivity index (χ4v) is 1.48. The minimum atomic E-state index is -0.315. The van der Waals surface area contributed by atoms with Crippen molar-refractivity contribution in [3.8, 4) is 11.3 Å². The Morgan fingerprint density at radius 1 is 1.31 bits per heavy atom. The van der Waals surface area contributed by atoms with Gasteiger partial charge in [-0.25, -0.2) is 4.39 Å². The van der Waals surface area contributed by atoms with E-state index in [4.69, 9.17) is 9.63 Å². The average molecular weight is 221 g/mol. The van der Waals surface area contributed by atoms with Gasteiger partial charge in [0.1, 0.15) is 17.3 Å². The molecule has 1 aromatic carbocycles. The fourth-order valence-electron chi connectivity index (χ4n) is 1.48. The molecule has 84 valence electrons. The first-order valence-corrected chi connectivity index (χ1v) is 5.12. The van der Waals surface area contributed by atoms with Gasteiger partial charge in [-0.15, -0.1) is 0 Å². The molecule has 0 saturated carbocycles. The highest BCUT2D eigenvalue weighted by atomic mass is 19.1. The number of nitrogens with zero attached hydrogens (tertiary/aromatic N) is 1. The molecule has 0 unspecified atom stereocenters. The van der Waals surface area contributed by atoms with Crippen molar-refractivity contribution in [1.29, 1.82) is 0 Å². The zero-order valence-electron chi connectivity index (χ0n) is 8.69. The number of hydrogen-bond donors (Lipinski definition) is 1. The molecule has 0 aliphatic heterocycles. The molecular formula is C12H12FNO2. The summed E-state index contributed by atoms with van der Waals surface area (Å²) in [5.41, 5.74) is 0.924. The van der Waals surface area contributed by atoms with Crippen LogP contribution in [-0.2, 0) is 6.42 Å². The van der Waals surface area contributed by atoms with Crippen LogP contribution in [0.3, 0.4) is 0 Å². The molecule has 1 N–H and O–H groups in total. The molecule has 0 aliphatic rings. The molecule has 0 aliphatic carbocycles. The number of hydrogen-bond acceptors (Lipinski definition) is 3. The van der Waals surface area contributed by atoms with E-state index in [1.165, 1.54) is 6.07 Å². The third-order valence-corrected chi connectivity index (χ3v) is 2.29. The summed E-state index contributed by atoms with van der Waals surface area (Å²) in [6.45, 7) is 0.107. The monoisotopic (exact) mass is 221 g/mol. The first kappa shape index (κ1) is 10.8. The van der Waals surface area contributed by atoms with Crippen LogP contribution in [0.2, 0.25) is 0 Å². The van der Waals surface area contributed by atoms with Crippen molar-refractivity contribution in [1.82, 2.24) is 5.16 Å². The molecule has 0 spiro atoms. The minimum absolute atomic E-state index is 0.107. The molecule has 2 aromatic rings. The number of aliphatic hydroxyl groups is 1. The normalized spacial score (nSPS) is 10.6. The van der Waals surface area contributed by atoms with Gasteiger partial charge in [-0.3, -0.25) is 0 Å². The van der Waals surface area contributed by atoms with E-state index >= 15 is 0 Å². The van der Waals surface area contributed by atoms with Gasteiger partial charge >= 0.3 is 0 Å². The van der Waals surface area contributed by atoms with Crippen LogP contribution in [-0.4, -0.2) is 16.9 Å². The molecule has 0 saturated heterocycles. The predicted molar refractivity (Wildman–Crippen MR) is 57.3 cm³/mol. The SMILES string of the molecule is OCCCc1cc(-c2ccccc2F)no1. The Bertz CT molecular complexity index is 468. The van der Waals surface area contributed by atoms with Crippen LogP contribution in [0.25, 0.3) is 11.3 Å². The summed E-state index contributed by atoms with van der Waals surface area (Å²) in [7, 11) is 0. The van der Waals surface area contributed by atoms with E-state index in [9.17, 15) is 4.39 Å². The van der Waals surface area contributed by atoms with Crippen molar-refractivity contribution in [2.75, 3.05) is 6.61 Å². The quantitative estimate of drug-likeness (QED) is 0.862. The summed E-state index contributed by atoms with van der Waals surface area (Å²) in [4.78, 5) is 0. The maximum atomic E-state index is 13.4. The maximum absolute atomic E-state index is 13.4. The Morgan fingerprint density at radius 3 is 2.88 bits per heavy atom. The highest BCUT2D eigenvalue weighted by Crippen LogP contribution is 2.22. The number of rotatable bonds is 4. The highest BCUT2D eigenvalue weighted by molar-refractivity contribution is 5.59. The smallest absolute Gasteiger partial charge is 0.137 e. The fraction of sp³-hybridized carbons (Fsp3) is 0.250.